The van der Waals surface area contributed by atoms with Crippen molar-refractivity contribution in [3.05, 3.63) is 413 Å². The summed E-state index contributed by atoms with van der Waals surface area (Å²) in [5.74, 6) is 0. The van der Waals surface area contributed by atoms with E-state index in [4.69, 9.17) is 0 Å². The number of hydrogen-bond acceptors (Lipinski definition) is 3. The molecule has 0 bridgehead atoms. The molecule has 4 aromatic heterocycles. The highest BCUT2D eigenvalue weighted by Crippen LogP contribution is 2.38. The van der Waals surface area contributed by atoms with Crippen LogP contribution in [0.25, 0.3) is 94.3 Å². The van der Waals surface area contributed by atoms with Crippen LogP contribution in [0.4, 0.5) is 0 Å². The maximum absolute atomic E-state index is 4.33. The first-order valence-electron chi connectivity index (χ1n) is 35.4. The normalized spacial score (nSPS) is 11.6. The Kier molecular flexibility index (Phi) is 18.1. The summed E-state index contributed by atoms with van der Waals surface area (Å²) in [5, 5.41) is 13.5. The summed E-state index contributed by atoms with van der Waals surface area (Å²) in [6, 6.07) is 137. The van der Waals surface area contributed by atoms with Gasteiger partial charge in [0.2, 0.25) is 0 Å². The lowest BCUT2D eigenvalue weighted by Gasteiger charge is -2.34. The summed E-state index contributed by atoms with van der Waals surface area (Å²) in [7, 11) is -5.62. The molecule has 17 aromatic rings. The smallest absolute Gasteiger partial charge is 0.179 e. The lowest BCUT2D eigenvalue weighted by atomic mass is 9.87. The highest BCUT2D eigenvalue weighted by Gasteiger charge is 2.43. The van der Waals surface area contributed by atoms with Gasteiger partial charge in [-0.2, -0.15) is 0 Å². The summed E-state index contributed by atoms with van der Waals surface area (Å²) >= 11 is 0. The number of pyridine rings is 3. The van der Waals surface area contributed by atoms with Gasteiger partial charge in [-0.05, 0) is 181 Å². The third-order valence-electron chi connectivity index (χ3n) is 20.4. The van der Waals surface area contributed by atoms with Crippen molar-refractivity contribution in [3.8, 4) is 72.4 Å². The van der Waals surface area contributed by atoms with E-state index in [0.29, 0.717) is 0 Å². The molecule has 0 radical (unpaired) electrons. The first kappa shape index (κ1) is 65.2. The van der Waals surface area contributed by atoms with Crippen LogP contribution in [-0.2, 0) is 5.41 Å². The Morgan fingerprint density at radius 3 is 0.748 bits per heavy atom. The maximum atomic E-state index is 4.33. The van der Waals surface area contributed by atoms with Crippen LogP contribution in [-0.4, -0.2) is 35.7 Å². The van der Waals surface area contributed by atoms with Crippen LogP contribution in [0, 0.1) is 0 Å². The first-order chi connectivity index (χ1) is 50.7. The molecule has 0 aliphatic heterocycles. The molecule has 0 saturated heterocycles. The van der Waals surface area contributed by atoms with Crippen molar-refractivity contribution < 1.29 is 0 Å². The average molecular weight is 1350 g/mol. The molecule has 4 nitrogen and oxygen atoms in total. The zero-order valence-corrected chi connectivity index (χ0v) is 60.0. The van der Waals surface area contributed by atoms with Gasteiger partial charge in [0.1, 0.15) is 0 Å². The zero-order valence-electron chi connectivity index (χ0n) is 58.0. The van der Waals surface area contributed by atoms with E-state index in [1.807, 2.05) is 55.4 Å². The summed E-state index contributed by atoms with van der Waals surface area (Å²) < 4.78 is 2.50. The van der Waals surface area contributed by atoms with Crippen LogP contribution in [0.15, 0.2) is 407 Å². The average Bonchev–Trinajstić information content (AvgIpc) is 0.971. The Morgan fingerprint density at radius 1 is 0.223 bits per heavy atom. The van der Waals surface area contributed by atoms with Crippen LogP contribution in [0.5, 0.6) is 0 Å². The third kappa shape index (κ3) is 12.8. The van der Waals surface area contributed by atoms with Gasteiger partial charge >= 0.3 is 0 Å². The molecule has 492 valence electrons. The van der Waals surface area contributed by atoms with Crippen LogP contribution in [0.2, 0.25) is 0 Å². The lowest BCUT2D eigenvalue weighted by Crippen LogP contribution is -2.74. The zero-order chi connectivity index (χ0) is 69.6. The second-order valence-electron chi connectivity index (χ2n) is 27.6. The fourth-order valence-electron chi connectivity index (χ4n) is 15.4. The molecule has 0 aliphatic rings. The molecule has 103 heavy (non-hydrogen) atoms. The predicted molar refractivity (Wildman–Crippen MR) is 439 cm³/mol. The van der Waals surface area contributed by atoms with Crippen molar-refractivity contribution in [3.63, 3.8) is 0 Å². The molecule has 0 saturated carbocycles. The Labute approximate surface area is 606 Å². The van der Waals surface area contributed by atoms with Crippen molar-refractivity contribution in [1.29, 1.82) is 0 Å². The summed E-state index contributed by atoms with van der Waals surface area (Å²) in [6.45, 7) is 6.86. The maximum Gasteiger partial charge on any atom is 0.179 e. The Morgan fingerprint density at radius 2 is 0.485 bits per heavy atom. The standard InChI is InChI=1S/C58H49NSi2.C39H27N3/c1-58(2,3)44-34-36-45(37-35-44)59-56-40-38-52(60(46-22-10-4-11-23-46,47-24-12-5-13-25-47)48-26-14-6-15-27-48)42-54(56)55-43-53(39-41-57(55)59)61(49-28-16-7-17-29-49,50-30-18-8-19-31-50)51-32-20-9-21-33-51;1-7-28(34-13-4-16-40-25-34)19-31(10-1)37-22-38(32-11-2-8-29(20-32)35-14-5-17-41-26-35)24-39(23-37)33-12-3-9-30(21-33)36-15-6-18-42-27-36/h4-43H,1-3H3;1-27H. The van der Waals surface area contributed by atoms with E-state index in [-0.39, 0.29) is 5.41 Å². The fraction of sp³-hybridized carbons (Fsp3) is 0.0412. The molecule has 0 spiro atoms. The number of nitrogens with zero attached hydrogens (tertiary/aromatic N) is 4. The van der Waals surface area contributed by atoms with Crippen LogP contribution in [0.1, 0.15) is 26.3 Å². The van der Waals surface area contributed by atoms with Gasteiger partial charge in [-0.15, -0.1) is 0 Å². The van der Waals surface area contributed by atoms with Crippen molar-refractivity contribution in [2.24, 2.45) is 0 Å². The van der Waals surface area contributed by atoms with Gasteiger partial charge in [-0.3, -0.25) is 15.0 Å². The minimum absolute atomic E-state index is 0.0592. The topological polar surface area (TPSA) is 43.6 Å². The van der Waals surface area contributed by atoms with E-state index < -0.39 is 16.1 Å². The van der Waals surface area contributed by atoms with E-state index in [1.165, 1.54) is 74.6 Å². The molecule has 0 aliphatic carbocycles. The van der Waals surface area contributed by atoms with Gasteiger partial charge in [0.25, 0.3) is 0 Å². The Bertz CT molecular complexity index is 5120. The monoisotopic (exact) mass is 1350 g/mol. The SMILES string of the molecule is CC(C)(C)c1ccc(-n2c3ccc([Si](c4ccccc4)(c4ccccc4)c4ccccc4)cc3c3cc([Si](c4ccccc4)(c4ccccc4)c4ccccc4)ccc32)cc1.c1cncc(-c2cccc(-c3cc(-c4cccc(-c5cccnc5)c4)cc(-c4cccc(-c5cccnc5)c4)c3)c2)c1. The minimum Gasteiger partial charge on any atom is -0.309 e. The second kappa shape index (κ2) is 28.6. The second-order valence-corrected chi connectivity index (χ2v) is 35.2. The van der Waals surface area contributed by atoms with E-state index in [1.54, 1.807) is 0 Å². The predicted octanol–water partition coefficient (Wildman–Crippen LogP) is 18.7. The number of fused-ring (bicyclic) bond motifs is 3. The molecule has 6 heteroatoms. The highest BCUT2D eigenvalue weighted by molar-refractivity contribution is 7.20. The summed E-state index contributed by atoms with van der Waals surface area (Å²) in [4.78, 5) is 13.0. The van der Waals surface area contributed by atoms with Crippen molar-refractivity contribution in [2.75, 3.05) is 0 Å². The van der Waals surface area contributed by atoms with Crippen LogP contribution in [0.3, 0.4) is 0 Å². The van der Waals surface area contributed by atoms with Gasteiger partial charge in [0.05, 0.1) is 11.0 Å². The van der Waals surface area contributed by atoms with Crippen molar-refractivity contribution in [1.82, 2.24) is 19.5 Å². The largest absolute Gasteiger partial charge is 0.309 e. The van der Waals surface area contributed by atoms with Crippen molar-refractivity contribution in [2.45, 2.75) is 26.2 Å². The van der Waals surface area contributed by atoms with Gasteiger partial charge in [-0.25, -0.2) is 0 Å². The molecule has 0 atom stereocenters. The molecule has 17 rings (SSSR count). The molecule has 0 fully saturated rings. The van der Waals surface area contributed by atoms with E-state index in [2.05, 4.69) is 392 Å². The van der Waals surface area contributed by atoms with E-state index in [0.717, 1.165) is 66.8 Å². The third-order valence-corrected chi connectivity index (χ3v) is 29.9. The minimum atomic E-state index is -2.81. The van der Waals surface area contributed by atoms with E-state index in [9.17, 15) is 0 Å². The first-order valence-corrected chi connectivity index (χ1v) is 39.4. The Hall–Kier alpha value is -12.5. The number of hydrogen-bond donors (Lipinski definition) is 0. The van der Waals surface area contributed by atoms with Crippen LogP contribution < -0.4 is 41.5 Å². The number of aromatic nitrogens is 4. The number of benzene rings is 13. The molecule has 0 N–H and O–H groups in total. The highest BCUT2D eigenvalue weighted by atomic mass is 28.3. The lowest BCUT2D eigenvalue weighted by molar-refractivity contribution is 0.590. The molecular formula is C97H76N4Si2. The van der Waals surface area contributed by atoms with Gasteiger partial charge in [-0.1, -0.05) is 312 Å². The molecule has 0 amide bonds. The van der Waals surface area contributed by atoms with Crippen LogP contribution >= 0.6 is 0 Å². The Balaban J connectivity index is 0.000000170. The van der Waals surface area contributed by atoms with Gasteiger partial charge in [0, 0.05) is 70.3 Å². The van der Waals surface area contributed by atoms with Gasteiger partial charge in [0.15, 0.2) is 16.1 Å². The number of rotatable bonds is 15. The van der Waals surface area contributed by atoms with E-state index >= 15 is 0 Å². The molecule has 4 heterocycles. The summed E-state index contributed by atoms with van der Waals surface area (Å²) in [6.07, 6.45) is 11.2. The van der Waals surface area contributed by atoms with Gasteiger partial charge < -0.3 is 4.57 Å². The quantitative estimate of drug-likeness (QED) is 0.0759. The fourth-order valence-corrected chi connectivity index (χ4v) is 24.9. The van der Waals surface area contributed by atoms with Crippen molar-refractivity contribution >= 4 is 79.4 Å². The molecule has 0 unspecified atom stereocenters. The molecular weight excluding hydrogens is 1280 g/mol. The molecule has 13 aromatic carbocycles. The summed E-state index contributed by atoms with van der Waals surface area (Å²) in [5.41, 5.74) is 18.7.